The van der Waals surface area contributed by atoms with Crippen LogP contribution in [0.25, 0.3) is 0 Å². The van der Waals surface area contributed by atoms with Crippen molar-refractivity contribution in [2.75, 3.05) is 26.0 Å². The molecule has 0 bridgehead atoms. The molecule has 2 aromatic carbocycles. The zero-order chi connectivity index (χ0) is 23.3. The minimum absolute atomic E-state index is 0.138. The van der Waals surface area contributed by atoms with E-state index < -0.39 is 0 Å². The summed E-state index contributed by atoms with van der Waals surface area (Å²) in [6.45, 7) is 5.12. The number of carbonyl (C=O) groups excluding carboxylic acids is 1. The number of amides is 1. The van der Waals surface area contributed by atoms with E-state index in [4.69, 9.17) is 21.7 Å². The molecule has 0 spiro atoms. The van der Waals surface area contributed by atoms with Gasteiger partial charge in [-0.25, -0.2) is 5.84 Å². The van der Waals surface area contributed by atoms with Crippen molar-refractivity contribution in [2.24, 2.45) is 5.84 Å². The van der Waals surface area contributed by atoms with Crippen LogP contribution in [0.2, 0.25) is 0 Å². The number of carbonyl (C=O) groups is 1. The van der Waals surface area contributed by atoms with E-state index in [0.29, 0.717) is 36.6 Å². The molecular weight excluding hydrogens is 402 g/mol. The van der Waals surface area contributed by atoms with Gasteiger partial charge in [0.2, 0.25) is 0 Å². The summed E-state index contributed by atoms with van der Waals surface area (Å²) >= 11 is 0. The van der Waals surface area contributed by atoms with Gasteiger partial charge in [0, 0.05) is 19.3 Å². The Morgan fingerprint density at radius 1 is 1.28 bits per heavy atom. The van der Waals surface area contributed by atoms with Crippen LogP contribution in [0.1, 0.15) is 51.0 Å². The number of ether oxygens (including phenoxy) is 1. The molecule has 2 aromatic rings. The highest BCUT2D eigenvalue weighted by Crippen LogP contribution is 2.28. The third-order valence-electron chi connectivity index (χ3n) is 6.13. The normalized spacial score (nSPS) is 16.2. The molecule has 3 rings (SSSR count). The first-order valence-corrected chi connectivity index (χ1v) is 10.9. The number of nitrogens with two attached hydrogens (primary N) is 2. The van der Waals surface area contributed by atoms with Gasteiger partial charge in [-0.05, 0) is 79.3 Å². The van der Waals surface area contributed by atoms with Gasteiger partial charge in [-0.1, -0.05) is 24.3 Å². The van der Waals surface area contributed by atoms with Gasteiger partial charge in [0.15, 0.2) is 0 Å². The van der Waals surface area contributed by atoms with Crippen LogP contribution in [0.5, 0.6) is 0 Å². The molecule has 1 amide bonds. The van der Waals surface area contributed by atoms with Gasteiger partial charge in [0.05, 0.1) is 23.9 Å². The quantitative estimate of drug-likeness (QED) is 0.175. The highest BCUT2D eigenvalue weighted by atomic mass is 16.5. The summed E-state index contributed by atoms with van der Waals surface area (Å²) in [6, 6.07) is 9.63. The molecule has 1 atom stereocenters. The van der Waals surface area contributed by atoms with Crippen molar-refractivity contribution in [1.82, 2.24) is 10.3 Å². The first kappa shape index (κ1) is 23.5. The molecule has 6 N–H and O–H groups in total. The van der Waals surface area contributed by atoms with Crippen molar-refractivity contribution in [2.45, 2.75) is 39.2 Å². The number of hydrogen-bond acceptors (Lipinski definition) is 6. The Morgan fingerprint density at radius 2 is 2.00 bits per heavy atom. The molecule has 0 radical (unpaired) electrons. The molecule has 1 aliphatic heterocycles. The second-order valence-corrected chi connectivity index (χ2v) is 8.24. The van der Waals surface area contributed by atoms with E-state index in [9.17, 15) is 4.79 Å². The molecule has 170 valence electrons. The van der Waals surface area contributed by atoms with E-state index in [1.165, 1.54) is 5.01 Å². The summed E-state index contributed by atoms with van der Waals surface area (Å²) in [5.74, 6) is 5.91. The first-order valence-electron chi connectivity index (χ1n) is 10.9. The van der Waals surface area contributed by atoms with E-state index in [2.05, 4.69) is 5.32 Å². The molecule has 0 saturated carbocycles. The van der Waals surface area contributed by atoms with Crippen LogP contribution in [0.3, 0.4) is 0 Å². The average Bonchev–Trinajstić information content (AvgIpc) is 2.83. The van der Waals surface area contributed by atoms with E-state index in [0.717, 1.165) is 40.7 Å². The summed E-state index contributed by atoms with van der Waals surface area (Å²) in [5, 5.41) is 12.3. The first-order chi connectivity index (χ1) is 15.3. The predicted octanol–water partition coefficient (Wildman–Crippen LogP) is 3.07. The monoisotopic (exact) mass is 435 g/mol. The maximum absolute atomic E-state index is 13.2. The Morgan fingerprint density at radius 3 is 2.62 bits per heavy atom. The maximum Gasteiger partial charge on any atom is 0.270 e. The molecule has 0 aromatic heterocycles. The summed E-state index contributed by atoms with van der Waals surface area (Å²) in [5.41, 5.74) is 12.6. The van der Waals surface area contributed by atoms with Gasteiger partial charge in [-0.15, -0.1) is 0 Å². The molecule has 1 aliphatic rings. The number of anilines is 1. The molecule has 1 saturated heterocycles. The number of benzene rings is 2. The summed E-state index contributed by atoms with van der Waals surface area (Å²) in [7, 11) is 1.80. The Kier molecular flexibility index (Phi) is 7.66. The van der Waals surface area contributed by atoms with E-state index in [-0.39, 0.29) is 11.9 Å². The zero-order valence-electron chi connectivity index (χ0n) is 19.1. The number of hydrazine groups is 1. The minimum Gasteiger partial charge on any atom is -0.398 e. The Bertz CT molecular complexity index is 1010. The topological polar surface area (TPSA) is 117 Å². The van der Waals surface area contributed by atoms with Crippen LogP contribution in [0.15, 0.2) is 42.6 Å². The molecular formula is C25H33N5O2. The Hall–Kier alpha value is -3.16. The third kappa shape index (κ3) is 5.18. The SMILES string of the molecule is CN/C=C\C(=N)c1ccc(Cc2cc(C(=O)N(N)C3CCCOC3)c(N)c(C)c2C)cc1. The van der Waals surface area contributed by atoms with Gasteiger partial charge < -0.3 is 21.2 Å². The number of nitrogen functional groups attached to an aromatic ring is 1. The van der Waals surface area contributed by atoms with Crippen LogP contribution in [-0.4, -0.2) is 42.9 Å². The van der Waals surface area contributed by atoms with Crippen LogP contribution >= 0.6 is 0 Å². The second kappa shape index (κ2) is 10.4. The summed E-state index contributed by atoms with van der Waals surface area (Å²) in [6.07, 6.45) is 5.82. The lowest BCUT2D eigenvalue weighted by Gasteiger charge is -2.31. The van der Waals surface area contributed by atoms with Crippen LogP contribution < -0.4 is 16.9 Å². The molecule has 32 heavy (non-hydrogen) atoms. The number of allylic oxidation sites excluding steroid dienone is 1. The number of hydrogen-bond donors (Lipinski definition) is 4. The Balaban J connectivity index is 1.84. The number of nitrogens with one attached hydrogen (secondary N) is 2. The summed E-state index contributed by atoms with van der Waals surface area (Å²) < 4.78 is 5.49. The minimum atomic E-state index is -0.275. The summed E-state index contributed by atoms with van der Waals surface area (Å²) in [4.78, 5) is 13.2. The van der Waals surface area contributed by atoms with Crippen molar-refractivity contribution in [3.8, 4) is 0 Å². The third-order valence-corrected chi connectivity index (χ3v) is 6.13. The second-order valence-electron chi connectivity index (χ2n) is 8.24. The molecule has 7 heteroatoms. The van der Waals surface area contributed by atoms with Gasteiger partial charge in [-0.3, -0.25) is 9.80 Å². The molecule has 1 heterocycles. The molecule has 1 unspecified atom stereocenters. The lowest BCUT2D eigenvalue weighted by molar-refractivity contribution is 0.0166. The van der Waals surface area contributed by atoms with E-state index in [1.807, 2.05) is 44.2 Å². The van der Waals surface area contributed by atoms with Crippen molar-refractivity contribution in [1.29, 1.82) is 5.41 Å². The van der Waals surface area contributed by atoms with Crippen LogP contribution in [-0.2, 0) is 11.2 Å². The standard InChI is InChI=1S/C25H33N5O2/c1-16-17(2)24(27)22(25(31)30(28)21-5-4-12-32-15-21)14-20(16)13-18-6-8-19(9-7-18)23(26)10-11-29-3/h6-11,14,21,26,29H,4-5,12-13,15,27-28H2,1-3H3/b11-10-,26-23?. The number of nitrogens with zero attached hydrogens (tertiary/aromatic N) is 1. The van der Waals surface area contributed by atoms with E-state index in [1.54, 1.807) is 19.3 Å². The average molecular weight is 436 g/mol. The highest BCUT2D eigenvalue weighted by Gasteiger charge is 2.27. The van der Waals surface area contributed by atoms with Crippen molar-refractivity contribution >= 4 is 17.3 Å². The fourth-order valence-corrected chi connectivity index (χ4v) is 3.90. The fraction of sp³-hybridized carbons (Fsp3) is 0.360. The smallest absolute Gasteiger partial charge is 0.270 e. The highest BCUT2D eigenvalue weighted by molar-refractivity contribution is 6.06. The molecule has 7 nitrogen and oxygen atoms in total. The maximum atomic E-state index is 13.2. The fourth-order valence-electron chi connectivity index (χ4n) is 3.90. The molecule has 1 fully saturated rings. The van der Waals surface area contributed by atoms with Crippen molar-refractivity contribution in [3.05, 3.63) is 76.0 Å². The van der Waals surface area contributed by atoms with Crippen molar-refractivity contribution < 1.29 is 9.53 Å². The van der Waals surface area contributed by atoms with Crippen LogP contribution in [0.4, 0.5) is 5.69 Å². The molecule has 0 aliphatic carbocycles. The van der Waals surface area contributed by atoms with Gasteiger partial charge in [0.1, 0.15) is 0 Å². The van der Waals surface area contributed by atoms with Crippen LogP contribution in [0, 0.1) is 19.3 Å². The lowest BCUT2D eigenvalue weighted by atomic mass is 9.92. The number of rotatable bonds is 7. The van der Waals surface area contributed by atoms with Crippen molar-refractivity contribution in [3.63, 3.8) is 0 Å². The van der Waals surface area contributed by atoms with Gasteiger partial charge >= 0.3 is 0 Å². The zero-order valence-corrected chi connectivity index (χ0v) is 19.1. The van der Waals surface area contributed by atoms with E-state index >= 15 is 0 Å². The lowest BCUT2D eigenvalue weighted by Crippen LogP contribution is -2.49. The largest absolute Gasteiger partial charge is 0.398 e. The predicted molar refractivity (Wildman–Crippen MR) is 129 cm³/mol. The van der Waals surface area contributed by atoms with Gasteiger partial charge in [-0.2, -0.15) is 0 Å². The Labute approximate surface area is 189 Å². The van der Waals surface area contributed by atoms with Gasteiger partial charge in [0.25, 0.3) is 5.91 Å².